The second-order valence-corrected chi connectivity index (χ2v) is 5.82. The summed E-state index contributed by atoms with van der Waals surface area (Å²) in [5, 5.41) is 3.41. The largest absolute Gasteiger partial charge is 0.322 e. The van der Waals surface area contributed by atoms with E-state index in [1.54, 1.807) is 18.2 Å². The van der Waals surface area contributed by atoms with Gasteiger partial charge in [-0.25, -0.2) is 0 Å². The number of carbonyl (C=O) groups excluding carboxylic acids is 1. The molecule has 20 heavy (non-hydrogen) atoms. The summed E-state index contributed by atoms with van der Waals surface area (Å²) in [5.41, 5.74) is 2.58. The zero-order valence-electron chi connectivity index (χ0n) is 11.1. The van der Waals surface area contributed by atoms with Gasteiger partial charge in [0.1, 0.15) is 0 Å². The van der Waals surface area contributed by atoms with Gasteiger partial charge in [0.2, 0.25) is 0 Å². The summed E-state index contributed by atoms with van der Waals surface area (Å²) >= 11 is 9.28. The number of carbonyl (C=O) groups is 1. The molecule has 0 spiro atoms. The van der Waals surface area contributed by atoms with E-state index in [2.05, 4.69) is 28.2 Å². The van der Waals surface area contributed by atoms with Gasteiger partial charge in [-0.1, -0.05) is 37.1 Å². The predicted octanol–water partition coefficient (Wildman–Crippen LogP) is 5.31. The third-order valence-electron chi connectivity index (χ3n) is 2.92. The topological polar surface area (TPSA) is 29.1 Å². The van der Waals surface area contributed by atoms with Crippen molar-refractivity contribution in [3.05, 3.63) is 63.1 Å². The molecule has 2 aromatic carbocycles. The Labute approximate surface area is 132 Å². The van der Waals surface area contributed by atoms with Crippen LogP contribution in [0.1, 0.15) is 29.3 Å². The molecule has 0 aromatic heterocycles. The Kier molecular flexibility index (Phi) is 5.21. The third-order valence-corrected chi connectivity index (χ3v) is 3.85. The molecule has 104 valence electrons. The molecule has 1 amide bonds. The average molecular weight is 353 g/mol. The van der Waals surface area contributed by atoms with Gasteiger partial charge in [0, 0.05) is 15.2 Å². The van der Waals surface area contributed by atoms with E-state index in [0.29, 0.717) is 10.6 Å². The van der Waals surface area contributed by atoms with Crippen molar-refractivity contribution in [3.8, 4) is 0 Å². The van der Waals surface area contributed by atoms with Crippen LogP contribution in [0.3, 0.4) is 0 Å². The first kappa shape index (κ1) is 15.1. The fourth-order valence-electron chi connectivity index (χ4n) is 1.91. The van der Waals surface area contributed by atoms with Gasteiger partial charge in [-0.15, -0.1) is 0 Å². The molecule has 0 atom stereocenters. The number of amides is 1. The molecule has 0 unspecified atom stereocenters. The lowest BCUT2D eigenvalue weighted by Gasteiger charge is -2.08. The molecule has 1 N–H and O–H groups in total. The summed E-state index contributed by atoms with van der Waals surface area (Å²) in [5.74, 6) is -0.178. The molecule has 0 bridgehead atoms. The van der Waals surface area contributed by atoms with Crippen molar-refractivity contribution in [2.75, 3.05) is 5.32 Å². The maximum Gasteiger partial charge on any atom is 0.256 e. The molecule has 0 aliphatic heterocycles. The molecular weight excluding hydrogens is 338 g/mol. The van der Waals surface area contributed by atoms with E-state index in [0.717, 1.165) is 23.0 Å². The number of nitrogens with one attached hydrogen (secondary N) is 1. The highest BCUT2D eigenvalue weighted by atomic mass is 79.9. The number of halogens is 2. The van der Waals surface area contributed by atoms with E-state index in [1.165, 1.54) is 5.56 Å². The number of anilines is 1. The molecule has 0 aliphatic carbocycles. The third kappa shape index (κ3) is 3.84. The van der Waals surface area contributed by atoms with E-state index in [9.17, 15) is 4.79 Å². The molecule has 0 heterocycles. The summed E-state index contributed by atoms with van der Waals surface area (Å²) in [6.07, 6.45) is 2.16. The zero-order chi connectivity index (χ0) is 14.5. The minimum atomic E-state index is -0.178. The summed E-state index contributed by atoms with van der Waals surface area (Å²) in [4.78, 5) is 12.2. The highest BCUT2D eigenvalue weighted by Gasteiger charge is 2.10. The lowest BCUT2D eigenvalue weighted by molar-refractivity contribution is 0.102. The minimum Gasteiger partial charge on any atom is -0.322 e. The summed E-state index contributed by atoms with van der Waals surface area (Å²) in [7, 11) is 0. The number of benzene rings is 2. The van der Waals surface area contributed by atoms with E-state index in [-0.39, 0.29) is 5.91 Å². The Bertz CT molecular complexity index is 610. The van der Waals surface area contributed by atoms with Gasteiger partial charge in [-0.2, -0.15) is 0 Å². The van der Waals surface area contributed by atoms with E-state index >= 15 is 0 Å². The monoisotopic (exact) mass is 351 g/mol. The van der Waals surface area contributed by atoms with E-state index < -0.39 is 0 Å². The molecule has 0 radical (unpaired) electrons. The molecule has 0 aliphatic rings. The van der Waals surface area contributed by atoms with Gasteiger partial charge in [0.05, 0.1) is 5.56 Å². The van der Waals surface area contributed by atoms with Crippen molar-refractivity contribution >= 4 is 39.1 Å². The van der Waals surface area contributed by atoms with Gasteiger partial charge in [0.25, 0.3) is 5.91 Å². The molecule has 0 saturated heterocycles. The molecule has 2 rings (SSSR count). The molecule has 2 nitrogen and oxygen atoms in total. The second-order valence-electron chi connectivity index (χ2n) is 4.53. The van der Waals surface area contributed by atoms with Gasteiger partial charge in [-0.3, -0.25) is 4.79 Å². The normalized spacial score (nSPS) is 10.3. The van der Waals surface area contributed by atoms with Crippen LogP contribution in [0.15, 0.2) is 46.9 Å². The fourth-order valence-corrected chi connectivity index (χ4v) is 2.51. The number of hydrogen-bond acceptors (Lipinski definition) is 1. The lowest BCUT2D eigenvalue weighted by atomic mass is 10.1. The maximum atomic E-state index is 12.2. The van der Waals surface area contributed by atoms with Crippen LogP contribution in [0.5, 0.6) is 0 Å². The fraction of sp³-hybridized carbons (Fsp3) is 0.188. The standard InChI is InChI=1S/C16H15BrClNO/c1-2-3-11-4-7-13(8-5-11)19-16(20)14-10-12(18)6-9-15(14)17/h4-10H,2-3H2,1H3,(H,19,20). The van der Waals surface area contributed by atoms with Crippen LogP contribution < -0.4 is 5.32 Å². The summed E-state index contributed by atoms with van der Waals surface area (Å²) in [6.45, 7) is 2.15. The van der Waals surface area contributed by atoms with Crippen LogP contribution in [-0.2, 0) is 6.42 Å². The van der Waals surface area contributed by atoms with Crippen LogP contribution in [0, 0.1) is 0 Å². The van der Waals surface area contributed by atoms with Crippen LogP contribution in [0.4, 0.5) is 5.69 Å². The van der Waals surface area contributed by atoms with Crippen LogP contribution in [0.2, 0.25) is 5.02 Å². The Morgan fingerprint density at radius 3 is 2.55 bits per heavy atom. The minimum absolute atomic E-state index is 0.178. The first-order valence-electron chi connectivity index (χ1n) is 6.45. The number of rotatable bonds is 4. The Morgan fingerprint density at radius 1 is 1.20 bits per heavy atom. The van der Waals surface area contributed by atoms with Crippen molar-refractivity contribution in [3.63, 3.8) is 0 Å². The molecule has 0 fully saturated rings. The molecule has 0 saturated carbocycles. The van der Waals surface area contributed by atoms with Crippen molar-refractivity contribution in [2.24, 2.45) is 0 Å². The van der Waals surface area contributed by atoms with Gasteiger partial charge < -0.3 is 5.32 Å². The van der Waals surface area contributed by atoms with Gasteiger partial charge >= 0.3 is 0 Å². The first-order chi connectivity index (χ1) is 9.60. The smallest absolute Gasteiger partial charge is 0.256 e. The van der Waals surface area contributed by atoms with Crippen molar-refractivity contribution < 1.29 is 4.79 Å². The van der Waals surface area contributed by atoms with E-state index in [1.807, 2.05) is 24.3 Å². The Balaban J connectivity index is 2.13. The first-order valence-corrected chi connectivity index (χ1v) is 7.62. The van der Waals surface area contributed by atoms with Crippen molar-refractivity contribution in [1.29, 1.82) is 0 Å². The quantitative estimate of drug-likeness (QED) is 0.794. The molecule has 4 heteroatoms. The van der Waals surface area contributed by atoms with Crippen LogP contribution >= 0.6 is 27.5 Å². The highest BCUT2D eigenvalue weighted by molar-refractivity contribution is 9.10. The van der Waals surface area contributed by atoms with Gasteiger partial charge in [-0.05, 0) is 58.2 Å². The Morgan fingerprint density at radius 2 is 1.90 bits per heavy atom. The molecule has 2 aromatic rings. The lowest BCUT2D eigenvalue weighted by Crippen LogP contribution is -2.12. The maximum absolute atomic E-state index is 12.2. The predicted molar refractivity (Wildman–Crippen MR) is 87.5 cm³/mol. The van der Waals surface area contributed by atoms with Crippen molar-refractivity contribution in [2.45, 2.75) is 19.8 Å². The highest BCUT2D eigenvalue weighted by Crippen LogP contribution is 2.22. The van der Waals surface area contributed by atoms with Crippen LogP contribution in [-0.4, -0.2) is 5.91 Å². The average Bonchev–Trinajstić information content (AvgIpc) is 2.44. The summed E-state index contributed by atoms with van der Waals surface area (Å²) < 4.78 is 0.724. The summed E-state index contributed by atoms with van der Waals surface area (Å²) in [6, 6.07) is 13.1. The SMILES string of the molecule is CCCc1ccc(NC(=O)c2cc(Cl)ccc2Br)cc1. The van der Waals surface area contributed by atoms with Crippen molar-refractivity contribution in [1.82, 2.24) is 0 Å². The number of hydrogen-bond donors (Lipinski definition) is 1. The second kappa shape index (κ2) is 6.91. The number of aryl methyl sites for hydroxylation is 1. The molecular formula is C16H15BrClNO. The van der Waals surface area contributed by atoms with Crippen LogP contribution in [0.25, 0.3) is 0 Å². The Hall–Kier alpha value is -1.32. The van der Waals surface area contributed by atoms with Gasteiger partial charge in [0.15, 0.2) is 0 Å². The zero-order valence-corrected chi connectivity index (χ0v) is 13.5. The van der Waals surface area contributed by atoms with E-state index in [4.69, 9.17) is 11.6 Å².